The van der Waals surface area contributed by atoms with E-state index in [1.165, 1.54) is 6.08 Å². The van der Waals surface area contributed by atoms with E-state index < -0.39 is 17.1 Å². The molecule has 0 aromatic rings. The Morgan fingerprint density at radius 1 is 1.73 bits per heavy atom. The molecule has 11 heavy (non-hydrogen) atoms. The second kappa shape index (κ2) is 3.00. The van der Waals surface area contributed by atoms with Crippen molar-refractivity contribution in [2.24, 2.45) is 0 Å². The average molecular weight is 157 g/mol. The summed E-state index contributed by atoms with van der Waals surface area (Å²) in [5, 5.41) is 19.3. The molecule has 0 spiro atoms. The second-order valence-electron chi connectivity index (χ2n) is 2.81. The van der Waals surface area contributed by atoms with E-state index in [4.69, 9.17) is 5.11 Å². The van der Waals surface area contributed by atoms with Crippen LogP contribution in [-0.2, 0) is 0 Å². The summed E-state index contributed by atoms with van der Waals surface area (Å²) in [5.41, 5.74) is -1.18. The van der Waals surface area contributed by atoms with E-state index in [1.54, 1.807) is 6.08 Å². The normalized spacial score (nSPS) is 30.3. The van der Waals surface area contributed by atoms with Crippen molar-refractivity contribution in [1.82, 2.24) is 0 Å². The highest BCUT2D eigenvalue weighted by molar-refractivity contribution is 5.04. The number of allylic oxidation sites excluding steroid dienone is 1. The molecule has 1 aliphatic carbocycles. The Hall–Kier alpha value is -0.900. The van der Waals surface area contributed by atoms with Crippen molar-refractivity contribution in [2.45, 2.75) is 24.8 Å². The first-order valence-corrected chi connectivity index (χ1v) is 3.64. The molecule has 1 N–H and O–H groups in total. The van der Waals surface area contributed by atoms with E-state index >= 15 is 0 Å². The summed E-state index contributed by atoms with van der Waals surface area (Å²) in [6.45, 7) is -0.392. The zero-order valence-electron chi connectivity index (χ0n) is 6.19. The van der Waals surface area contributed by atoms with Crippen LogP contribution in [0.25, 0.3) is 0 Å². The number of aliphatic hydroxyl groups is 1. The molecule has 0 aromatic carbocycles. The molecule has 1 rings (SSSR count). The maximum Gasteiger partial charge on any atom is 0.262 e. The monoisotopic (exact) mass is 157 g/mol. The maximum atomic E-state index is 10.5. The topological polar surface area (TPSA) is 63.4 Å². The van der Waals surface area contributed by atoms with Crippen LogP contribution in [0.1, 0.15) is 19.3 Å². The minimum absolute atomic E-state index is 0.392. The van der Waals surface area contributed by atoms with Gasteiger partial charge in [-0.05, 0) is 18.9 Å². The number of rotatable bonds is 2. The molecular formula is C7H11NO3. The molecule has 1 atom stereocenters. The first-order valence-electron chi connectivity index (χ1n) is 3.64. The summed E-state index contributed by atoms with van der Waals surface area (Å²) in [7, 11) is 0. The van der Waals surface area contributed by atoms with Gasteiger partial charge < -0.3 is 5.11 Å². The summed E-state index contributed by atoms with van der Waals surface area (Å²) in [4.78, 5) is 10.1. The predicted octanol–water partition coefficient (Wildman–Crippen LogP) is 0.734. The van der Waals surface area contributed by atoms with Crippen molar-refractivity contribution in [2.75, 3.05) is 6.61 Å². The summed E-state index contributed by atoms with van der Waals surface area (Å²) >= 11 is 0. The van der Waals surface area contributed by atoms with Gasteiger partial charge in [-0.2, -0.15) is 0 Å². The highest BCUT2D eigenvalue weighted by Gasteiger charge is 2.39. The van der Waals surface area contributed by atoms with Crippen LogP contribution in [0.4, 0.5) is 0 Å². The summed E-state index contributed by atoms with van der Waals surface area (Å²) in [6, 6.07) is 0. The molecule has 0 fully saturated rings. The third-order valence-corrected chi connectivity index (χ3v) is 2.05. The number of nitro groups is 1. The molecule has 0 heterocycles. The van der Waals surface area contributed by atoms with Gasteiger partial charge in [0, 0.05) is 11.3 Å². The second-order valence-corrected chi connectivity index (χ2v) is 2.81. The van der Waals surface area contributed by atoms with Crippen LogP contribution in [0, 0.1) is 10.1 Å². The highest BCUT2D eigenvalue weighted by Crippen LogP contribution is 2.24. The Morgan fingerprint density at radius 2 is 2.45 bits per heavy atom. The molecule has 0 bridgehead atoms. The third kappa shape index (κ3) is 1.40. The Bertz CT molecular complexity index is 190. The molecule has 0 aliphatic heterocycles. The van der Waals surface area contributed by atoms with Crippen molar-refractivity contribution in [1.29, 1.82) is 0 Å². The quantitative estimate of drug-likeness (QED) is 0.365. The van der Waals surface area contributed by atoms with E-state index in [0.717, 1.165) is 12.8 Å². The average Bonchev–Trinajstić information content (AvgIpc) is 2.05. The predicted molar refractivity (Wildman–Crippen MR) is 39.8 cm³/mol. The molecule has 0 aromatic heterocycles. The lowest BCUT2D eigenvalue weighted by atomic mass is 9.89. The lowest BCUT2D eigenvalue weighted by Crippen LogP contribution is -2.41. The van der Waals surface area contributed by atoms with Crippen molar-refractivity contribution in [3.63, 3.8) is 0 Å². The smallest absolute Gasteiger partial charge is 0.262 e. The van der Waals surface area contributed by atoms with Gasteiger partial charge in [0.1, 0.15) is 6.61 Å². The molecule has 0 amide bonds. The molecule has 4 nitrogen and oxygen atoms in total. The molecule has 4 heteroatoms. The standard InChI is InChI=1S/C7H11NO3/c9-6-7(8(10)11)4-2-1-3-5-7/h2,4,9H,1,3,5-6H2. The van der Waals surface area contributed by atoms with Crippen molar-refractivity contribution < 1.29 is 10.0 Å². The first-order chi connectivity index (χ1) is 5.21. The van der Waals surface area contributed by atoms with Crippen molar-refractivity contribution >= 4 is 0 Å². The third-order valence-electron chi connectivity index (χ3n) is 2.05. The molecule has 1 aliphatic rings. The fraction of sp³-hybridized carbons (Fsp3) is 0.714. The van der Waals surface area contributed by atoms with Gasteiger partial charge in [0.25, 0.3) is 5.54 Å². The highest BCUT2D eigenvalue weighted by atomic mass is 16.6. The largest absolute Gasteiger partial charge is 0.389 e. The first kappa shape index (κ1) is 8.20. The van der Waals surface area contributed by atoms with Crippen molar-refractivity contribution in [3.8, 4) is 0 Å². The Kier molecular flexibility index (Phi) is 2.24. The zero-order valence-corrected chi connectivity index (χ0v) is 6.19. The molecule has 0 saturated heterocycles. The van der Waals surface area contributed by atoms with Gasteiger partial charge in [-0.1, -0.05) is 6.08 Å². The molecule has 1 unspecified atom stereocenters. The van der Waals surface area contributed by atoms with E-state index in [1.807, 2.05) is 0 Å². The van der Waals surface area contributed by atoms with Crippen LogP contribution in [0.15, 0.2) is 12.2 Å². The van der Waals surface area contributed by atoms with Gasteiger partial charge in [-0.15, -0.1) is 0 Å². The number of hydrogen-bond donors (Lipinski definition) is 1. The number of aliphatic hydroxyl groups excluding tert-OH is 1. The van der Waals surface area contributed by atoms with Crippen LogP contribution in [0.5, 0.6) is 0 Å². The van der Waals surface area contributed by atoms with Crippen molar-refractivity contribution in [3.05, 3.63) is 22.3 Å². The summed E-state index contributed by atoms with van der Waals surface area (Å²) in [6.07, 6.45) is 5.40. The van der Waals surface area contributed by atoms with E-state index in [9.17, 15) is 10.1 Å². The fourth-order valence-electron chi connectivity index (χ4n) is 1.25. The fourth-order valence-corrected chi connectivity index (χ4v) is 1.25. The van der Waals surface area contributed by atoms with Gasteiger partial charge in [0.2, 0.25) is 0 Å². The van der Waals surface area contributed by atoms with Gasteiger partial charge >= 0.3 is 0 Å². The maximum absolute atomic E-state index is 10.5. The molecule has 0 radical (unpaired) electrons. The van der Waals surface area contributed by atoms with Crippen LogP contribution >= 0.6 is 0 Å². The molecule has 0 saturated carbocycles. The zero-order chi connectivity index (χ0) is 8.32. The van der Waals surface area contributed by atoms with Gasteiger partial charge in [-0.25, -0.2) is 0 Å². The Labute approximate surface area is 64.7 Å². The van der Waals surface area contributed by atoms with Gasteiger partial charge in [0.05, 0.1) is 0 Å². The van der Waals surface area contributed by atoms with Crippen LogP contribution < -0.4 is 0 Å². The van der Waals surface area contributed by atoms with E-state index in [2.05, 4.69) is 0 Å². The van der Waals surface area contributed by atoms with Crippen LogP contribution in [0.2, 0.25) is 0 Å². The molecule has 62 valence electrons. The SMILES string of the molecule is O=[N+]([O-])C1(CO)C=CCCC1. The number of nitrogens with zero attached hydrogens (tertiary/aromatic N) is 1. The lowest BCUT2D eigenvalue weighted by molar-refractivity contribution is -0.560. The Morgan fingerprint density at radius 3 is 2.73 bits per heavy atom. The Balaban J connectivity index is 2.81. The summed E-state index contributed by atoms with van der Waals surface area (Å²) < 4.78 is 0. The molecular weight excluding hydrogens is 146 g/mol. The lowest BCUT2D eigenvalue weighted by Gasteiger charge is -2.21. The number of hydrogen-bond acceptors (Lipinski definition) is 3. The van der Waals surface area contributed by atoms with E-state index in [0.29, 0.717) is 6.42 Å². The van der Waals surface area contributed by atoms with E-state index in [-0.39, 0.29) is 0 Å². The van der Waals surface area contributed by atoms with Gasteiger partial charge in [0.15, 0.2) is 0 Å². The van der Waals surface area contributed by atoms with Gasteiger partial charge in [-0.3, -0.25) is 10.1 Å². The minimum Gasteiger partial charge on any atom is -0.389 e. The summed E-state index contributed by atoms with van der Waals surface area (Å²) in [5.74, 6) is 0. The van der Waals surface area contributed by atoms with Crippen LogP contribution in [0.3, 0.4) is 0 Å². The minimum atomic E-state index is -1.18. The van der Waals surface area contributed by atoms with Crippen LogP contribution in [-0.4, -0.2) is 22.2 Å².